The largest absolute Gasteiger partial charge is 0.465 e. The Hall–Kier alpha value is -3.79. The quantitative estimate of drug-likeness (QED) is 0.522. The second-order valence-electron chi connectivity index (χ2n) is 8.70. The van der Waals surface area contributed by atoms with E-state index in [4.69, 9.17) is 10.00 Å². The summed E-state index contributed by atoms with van der Waals surface area (Å²) in [7, 11) is 2.04. The standard InChI is InChI=1S/C27H30N4O3/c1-3-34-26(32)18-29-27(33)31(22-6-4-5-7-22)23-12-13-25-21(15-23)16-24(30(25)2)14-19-8-10-20(17-28)11-9-19/h8-13,15-16,22H,3-7,14,18H2,1-2H3,(H,29,33). The number of carbonyl (C=O) groups excluding carboxylic acids is 2. The van der Waals surface area contributed by atoms with Gasteiger partial charge < -0.3 is 14.6 Å². The molecule has 0 saturated heterocycles. The molecule has 176 valence electrons. The highest BCUT2D eigenvalue weighted by Crippen LogP contribution is 2.32. The Balaban J connectivity index is 1.59. The number of hydrogen-bond donors (Lipinski definition) is 1. The molecule has 7 heteroatoms. The number of carbonyl (C=O) groups is 2. The van der Waals surface area contributed by atoms with Gasteiger partial charge in [-0.2, -0.15) is 5.26 Å². The first kappa shape index (κ1) is 23.4. The molecule has 7 nitrogen and oxygen atoms in total. The van der Waals surface area contributed by atoms with E-state index in [2.05, 4.69) is 28.1 Å². The Morgan fingerprint density at radius 3 is 2.56 bits per heavy atom. The van der Waals surface area contributed by atoms with Crippen molar-refractivity contribution in [2.24, 2.45) is 7.05 Å². The molecule has 2 amide bonds. The van der Waals surface area contributed by atoms with Crippen molar-refractivity contribution in [2.45, 2.75) is 45.1 Å². The van der Waals surface area contributed by atoms with E-state index in [0.717, 1.165) is 60.0 Å². The van der Waals surface area contributed by atoms with Crippen LogP contribution in [0.5, 0.6) is 0 Å². The molecule has 34 heavy (non-hydrogen) atoms. The van der Waals surface area contributed by atoms with Crippen molar-refractivity contribution in [3.8, 4) is 6.07 Å². The van der Waals surface area contributed by atoms with Crippen molar-refractivity contribution < 1.29 is 14.3 Å². The van der Waals surface area contributed by atoms with E-state index in [1.807, 2.05) is 43.4 Å². The number of nitrogens with zero attached hydrogens (tertiary/aromatic N) is 3. The van der Waals surface area contributed by atoms with Gasteiger partial charge >= 0.3 is 12.0 Å². The van der Waals surface area contributed by atoms with Crippen molar-refractivity contribution in [3.63, 3.8) is 0 Å². The lowest BCUT2D eigenvalue weighted by atomic mass is 10.1. The van der Waals surface area contributed by atoms with Crippen LogP contribution in [-0.4, -0.2) is 35.8 Å². The topological polar surface area (TPSA) is 87.4 Å². The monoisotopic (exact) mass is 458 g/mol. The van der Waals surface area contributed by atoms with Crippen molar-refractivity contribution >= 4 is 28.6 Å². The number of benzene rings is 2. The zero-order valence-electron chi connectivity index (χ0n) is 19.7. The number of esters is 1. The predicted molar refractivity (Wildman–Crippen MR) is 132 cm³/mol. The molecule has 1 aromatic heterocycles. The summed E-state index contributed by atoms with van der Waals surface area (Å²) in [4.78, 5) is 26.7. The Bertz CT molecular complexity index is 1220. The van der Waals surface area contributed by atoms with Crippen LogP contribution in [0.1, 0.15) is 49.4 Å². The summed E-state index contributed by atoms with van der Waals surface area (Å²) in [5.41, 5.74) is 4.85. The second-order valence-corrected chi connectivity index (χ2v) is 8.70. The van der Waals surface area contributed by atoms with Crippen LogP contribution in [0.25, 0.3) is 10.9 Å². The number of aromatic nitrogens is 1. The molecule has 1 N–H and O–H groups in total. The highest BCUT2D eigenvalue weighted by atomic mass is 16.5. The lowest BCUT2D eigenvalue weighted by Gasteiger charge is -2.29. The SMILES string of the molecule is CCOC(=O)CNC(=O)N(c1ccc2c(c1)cc(Cc1ccc(C#N)cc1)n2C)C1CCCC1. The molecule has 0 aliphatic heterocycles. The lowest BCUT2D eigenvalue weighted by Crippen LogP contribution is -2.47. The molecule has 0 atom stereocenters. The molecule has 0 unspecified atom stereocenters. The molecule has 0 radical (unpaired) electrons. The van der Waals surface area contributed by atoms with Crippen LogP contribution in [-0.2, 0) is 23.0 Å². The lowest BCUT2D eigenvalue weighted by molar-refractivity contribution is -0.141. The minimum absolute atomic E-state index is 0.112. The summed E-state index contributed by atoms with van der Waals surface area (Å²) < 4.78 is 7.11. The summed E-state index contributed by atoms with van der Waals surface area (Å²) >= 11 is 0. The van der Waals surface area contributed by atoms with Gasteiger partial charge in [0.1, 0.15) is 6.54 Å². The summed E-state index contributed by atoms with van der Waals surface area (Å²) in [5.74, 6) is -0.437. The maximum atomic E-state index is 13.1. The van der Waals surface area contributed by atoms with Gasteiger partial charge in [0.2, 0.25) is 0 Å². The molecule has 0 spiro atoms. The van der Waals surface area contributed by atoms with Crippen LogP contribution in [0.15, 0.2) is 48.5 Å². The Kier molecular flexibility index (Phi) is 7.17. The zero-order valence-corrected chi connectivity index (χ0v) is 19.7. The number of ether oxygens (including phenoxy) is 1. The minimum Gasteiger partial charge on any atom is -0.465 e. The third-order valence-corrected chi connectivity index (χ3v) is 6.47. The van der Waals surface area contributed by atoms with Gasteiger partial charge in [-0.15, -0.1) is 0 Å². The Morgan fingerprint density at radius 1 is 1.15 bits per heavy atom. The van der Waals surface area contributed by atoms with Gasteiger partial charge in [0, 0.05) is 41.8 Å². The van der Waals surface area contributed by atoms with Gasteiger partial charge in [0.25, 0.3) is 0 Å². The maximum Gasteiger partial charge on any atom is 0.325 e. The van der Waals surface area contributed by atoms with Gasteiger partial charge in [-0.1, -0.05) is 25.0 Å². The first-order valence-electron chi connectivity index (χ1n) is 11.8. The van der Waals surface area contributed by atoms with Crippen LogP contribution >= 0.6 is 0 Å². The molecular formula is C27H30N4O3. The van der Waals surface area contributed by atoms with Crippen molar-refractivity contribution in [3.05, 3.63) is 65.4 Å². The van der Waals surface area contributed by atoms with E-state index in [-0.39, 0.29) is 25.2 Å². The normalized spacial score (nSPS) is 13.6. The number of aryl methyl sites for hydroxylation is 1. The van der Waals surface area contributed by atoms with Crippen LogP contribution in [0.2, 0.25) is 0 Å². The summed E-state index contributed by atoms with van der Waals surface area (Å²) in [6.07, 6.45) is 4.83. The second kappa shape index (κ2) is 10.4. The van der Waals surface area contributed by atoms with E-state index < -0.39 is 5.97 Å². The van der Waals surface area contributed by atoms with E-state index in [1.165, 1.54) is 0 Å². The Labute approximate surface area is 199 Å². The Morgan fingerprint density at radius 2 is 1.88 bits per heavy atom. The van der Waals surface area contributed by atoms with Gasteiger partial charge in [-0.05, 0) is 61.7 Å². The van der Waals surface area contributed by atoms with E-state index in [0.29, 0.717) is 5.56 Å². The van der Waals surface area contributed by atoms with Crippen LogP contribution < -0.4 is 10.2 Å². The molecule has 1 aliphatic carbocycles. The number of amides is 2. The number of nitrogens with one attached hydrogen (secondary N) is 1. The molecule has 3 aromatic rings. The number of rotatable bonds is 7. The van der Waals surface area contributed by atoms with Crippen LogP contribution in [0.4, 0.5) is 10.5 Å². The van der Waals surface area contributed by atoms with Gasteiger partial charge in [-0.3, -0.25) is 9.69 Å². The fourth-order valence-electron chi connectivity index (χ4n) is 4.72. The molecule has 1 fully saturated rings. The smallest absolute Gasteiger partial charge is 0.325 e. The summed E-state index contributed by atoms with van der Waals surface area (Å²) in [6.45, 7) is 1.89. The summed E-state index contributed by atoms with van der Waals surface area (Å²) in [6, 6.07) is 17.9. The number of fused-ring (bicyclic) bond motifs is 1. The highest BCUT2D eigenvalue weighted by molar-refractivity contribution is 5.97. The minimum atomic E-state index is -0.437. The number of anilines is 1. The number of urea groups is 1. The first-order valence-corrected chi connectivity index (χ1v) is 11.8. The number of hydrogen-bond acceptors (Lipinski definition) is 4. The van der Waals surface area contributed by atoms with Crippen LogP contribution in [0, 0.1) is 11.3 Å². The third kappa shape index (κ3) is 5.07. The average molecular weight is 459 g/mol. The van der Waals surface area contributed by atoms with Crippen molar-refractivity contribution in [1.82, 2.24) is 9.88 Å². The molecule has 1 aliphatic rings. The molecule has 0 bridgehead atoms. The van der Waals surface area contributed by atoms with Crippen molar-refractivity contribution in [2.75, 3.05) is 18.1 Å². The van der Waals surface area contributed by atoms with E-state index >= 15 is 0 Å². The summed E-state index contributed by atoms with van der Waals surface area (Å²) in [5, 5.41) is 12.8. The van der Waals surface area contributed by atoms with E-state index in [9.17, 15) is 9.59 Å². The highest BCUT2D eigenvalue weighted by Gasteiger charge is 2.28. The fraction of sp³-hybridized carbons (Fsp3) is 0.370. The van der Waals surface area contributed by atoms with Gasteiger partial charge in [0.15, 0.2) is 0 Å². The molecule has 2 aromatic carbocycles. The van der Waals surface area contributed by atoms with Gasteiger partial charge in [0.05, 0.1) is 18.2 Å². The van der Waals surface area contributed by atoms with Crippen LogP contribution in [0.3, 0.4) is 0 Å². The van der Waals surface area contributed by atoms with Crippen molar-refractivity contribution in [1.29, 1.82) is 5.26 Å². The van der Waals surface area contributed by atoms with E-state index in [1.54, 1.807) is 11.8 Å². The fourth-order valence-corrected chi connectivity index (χ4v) is 4.72. The average Bonchev–Trinajstić information content (AvgIpc) is 3.47. The molecule has 4 rings (SSSR count). The first-order chi connectivity index (χ1) is 16.5. The zero-order chi connectivity index (χ0) is 24.1. The molecular weight excluding hydrogens is 428 g/mol. The molecule has 1 heterocycles. The predicted octanol–water partition coefficient (Wildman–Crippen LogP) is 4.66. The van der Waals surface area contributed by atoms with Gasteiger partial charge in [-0.25, -0.2) is 4.79 Å². The molecule has 1 saturated carbocycles. The maximum absolute atomic E-state index is 13.1. The third-order valence-electron chi connectivity index (χ3n) is 6.47. The number of nitriles is 1.